The standard InChI is InChI=1S/C25H31N3O5/c1-32-22-8-6-7-19-15-16-28(25(19)22)17-18-33-21-13-11-20(12-14-21)26-23(29)9-4-2-3-5-10-24(30)27-31/h6-8,11-16,31H,2-5,9-10,17-18H2,1H3,(H,26,29)(H,27,30). The van der Waals surface area contributed by atoms with E-state index in [4.69, 9.17) is 14.7 Å². The molecule has 0 bridgehead atoms. The highest BCUT2D eigenvalue weighted by atomic mass is 16.5. The van der Waals surface area contributed by atoms with Gasteiger partial charge in [-0.1, -0.05) is 25.0 Å². The minimum absolute atomic E-state index is 0.0368. The van der Waals surface area contributed by atoms with Crippen LogP contribution in [0.25, 0.3) is 10.9 Å². The van der Waals surface area contributed by atoms with Gasteiger partial charge in [-0.15, -0.1) is 0 Å². The van der Waals surface area contributed by atoms with Crippen molar-refractivity contribution in [2.45, 2.75) is 45.1 Å². The number of anilines is 1. The van der Waals surface area contributed by atoms with Crippen LogP contribution in [0.3, 0.4) is 0 Å². The largest absolute Gasteiger partial charge is 0.495 e. The first-order chi connectivity index (χ1) is 16.1. The van der Waals surface area contributed by atoms with Crippen molar-refractivity contribution >= 4 is 28.4 Å². The quantitative estimate of drug-likeness (QED) is 0.201. The summed E-state index contributed by atoms with van der Waals surface area (Å²) in [4.78, 5) is 23.0. The number of fused-ring (bicyclic) bond motifs is 1. The Bertz CT molecular complexity index is 1050. The van der Waals surface area contributed by atoms with Gasteiger partial charge in [0.2, 0.25) is 11.8 Å². The highest BCUT2D eigenvalue weighted by molar-refractivity contribution is 5.90. The second-order valence-electron chi connectivity index (χ2n) is 7.78. The topological polar surface area (TPSA) is 102 Å². The molecule has 2 amide bonds. The fraction of sp³-hybridized carbons (Fsp3) is 0.360. The minimum atomic E-state index is -0.376. The molecule has 1 aromatic heterocycles. The van der Waals surface area contributed by atoms with Crippen LogP contribution in [0, 0.1) is 0 Å². The van der Waals surface area contributed by atoms with Crippen molar-refractivity contribution in [2.75, 3.05) is 19.0 Å². The highest BCUT2D eigenvalue weighted by Gasteiger charge is 2.07. The van der Waals surface area contributed by atoms with Gasteiger partial charge in [0.15, 0.2) is 0 Å². The molecular formula is C25H31N3O5. The maximum atomic E-state index is 12.1. The molecule has 0 unspecified atom stereocenters. The van der Waals surface area contributed by atoms with Gasteiger partial charge in [0.25, 0.3) is 0 Å². The molecule has 0 radical (unpaired) electrons. The SMILES string of the molecule is COc1cccc2ccn(CCOc3ccc(NC(=O)CCCCCCC(=O)NO)cc3)c12. The molecule has 1 heterocycles. The third kappa shape index (κ3) is 7.25. The van der Waals surface area contributed by atoms with Gasteiger partial charge in [-0.25, -0.2) is 5.48 Å². The Morgan fingerprint density at radius 1 is 0.939 bits per heavy atom. The lowest BCUT2D eigenvalue weighted by Gasteiger charge is -2.11. The molecule has 2 aromatic carbocycles. The van der Waals surface area contributed by atoms with Crippen molar-refractivity contribution in [1.29, 1.82) is 0 Å². The lowest BCUT2D eigenvalue weighted by molar-refractivity contribution is -0.129. The first-order valence-corrected chi connectivity index (χ1v) is 11.2. The van der Waals surface area contributed by atoms with E-state index in [1.165, 1.54) is 0 Å². The van der Waals surface area contributed by atoms with Crippen LogP contribution in [-0.4, -0.2) is 35.3 Å². The molecule has 8 heteroatoms. The fourth-order valence-corrected chi connectivity index (χ4v) is 3.68. The summed E-state index contributed by atoms with van der Waals surface area (Å²) in [5.74, 6) is 1.17. The average molecular weight is 454 g/mol. The monoisotopic (exact) mass is 453 g/mol. The van der Waals surface area contributed by atoms with Crippen molar-refractivity contribution in [3.05, 3.63) is 54.7 Å². The Labute approximate surface area is 193 Å². The first-order valence-electron chi connectivity index (χ1n) is 11.2. The van der Waals surface area contributed by atoms with Crippen LogP contribution in [0.5, 0.6) is 11.5 Å². The van der Waals surface area contributed by atoms with Gasteiger partial charge in [0.05, 0.1) is 19.2 Å². The Hall–Kier alpha value is -3.52. The van der Waals surface area contributed by atoms with Gasteiger partial charge >= 0.3 is 0 Å². The second kappa shape index (κ2) is 12.5. The molecule has 0 saturated heterocycles. The number of rotatable bonds is 13. The van der Waals surface area contributed by atoms with Crippen LogP contribution in [0.15, 0.2) is 54.7 Å². The Balaban J connectivity index is 1.37. The average Bonchev–Trinajstić information content (AvgIpc) is 3.25. The number of aromatic nitrogens is 1. The molecular weight excluding hydrogens is 422 g/mol. The minimum Gasteiger partial charge on any atom is -0.495 e. The van der Waals surface area contributed by atoms with Gasteiger partial charge in [-0.3, -0.25) is 14.8 Å². The molecule has 33 heavy (non-hydrogen) atoms. The molecule has 0 fully saturated rings. The fourth-order valence-electron chi connectivity index (χ4n) is 3.68. The number of para-hydroxylation sites is 1. The van der Waals surface area contributed by atoms with E-state index in [-0.39, 0.29) is 11.8 Å². The van der Waals surface area contributed by atoms with E-state index in [0.717, 1.165) is 47.4 Å². The highest BCUT2D eigenvalue weighted by Crippen LogP contribution is 2.26. The van der Waals surface area contributed by atoms with Gasteiger partial charge in [0.1, 0.15) is 18.1 Å². The van der Waals surface area contributed by atoms with Crippen LogP contribution in [-0.2, 0) is 16.1 Å². The number of hydrogen-bond acceptors (Lipinski definition) is 5. The van der Waals surface area contributed by atoms with Crippen molar-refractivity contribution in [1.82, 2.24) is 10.0 Å². The summed E-state index contributed by atoms with van der Waals surface area (Å²) in [6.07, 6.45) is 5.92. The van der Waals surface area contributed by atoms with Crippen LogP contribution < -0.4 is 20.3 Å². The number of hydrogen-bond donors (Lipinski definition) is 3. The number of methoxy groups -OCH3 is 1. The van der Waals surface area contributed by atoms with E-state index in [9.17, 15) is 9.59 Å². The number of carbonyl (C=O) groups is 2. The molecule has 0 spiro atoms. The number of nitrogens with zero attached hydrogens (tertiary/aromatic N) is 1. The van der Waals surface area contributed by atoms with E-state index in [1.54, 1.807) is 12.6 Å². The normalized spacial score (nSPS) is 10.7. The molecule has 0 aliphatic carbocycles. The van der Waals surface area contributed by atoms with E-state index < -0.39 is 0 Å². The first kappa shape index (κ1) is 24.1. The van der Waals surface area contributed by atoms with Crippen LogP contribution in [0.2, 0.25) is 0 Å². The maximum absolute atomic E-state index is 12.1. The predicted molar refractivity (Wildman–Crippen MR) is 127 cm³/mol. The van der Waals surface area contributed by atoms with E-state index in [1.807, 2.05) is 42.6 Å². The summed E-state index contributed by atoms with van der Waals surface area (Å²) in [5, 5.41) is 12.5. The van der Waals surface area contributed by atoms with Gasteiger partial charge < -0.3 is 19.4 Å². The lowest BCUT2D eigenvalue weighted by Crippen LogP contribution is -2.17. The Morgan fingerprint density at radius 2 is 1.67 bits per heavy atom. The zero-order chi connectivity index (χ0) is 23.5. The zero-order valence-electron chi connectivity index (χ0n) is 18.9. The number of carbonyl (C=O) groups excluding carboxylic acids is 2. The van der Waals surface area contributed by atoms with Crippen LogP contribution in [0.4, 0.5) is 5.69 Å². The smallest absolute Gasteiger partial charge is 0.243 e. The van der Waals surface area contributed by atoms with Crippen LogP contribution in [0.1, 0.15) is 38.5 Å². The molecule has 0 aliphatic heterocycles. The summed E-state index contributed by atoms with van der Waals surface area (Å²) in [5.41, 5.74) is 3.40. The number of hydroxylamine groups is 1. The van der Waals surface area contributed by atoms with E-state index in [2.05, 4.69) is 22.0 Å². The molecule has 3 rings (SSSR count). The summed E-state index contributed by atoms with van der Waals surface area (Å²) < 4.78 is 13.5. The Morgan fingerprint density at radius 3 is 2.36 bits per heavy atom. The third-order valence-corrected chi connectivity index (χ3v) is 5.39. The van der Waals surface area contributed by atoms with Gasteiger partial charge in [0, 0.05) is 30.1 Å². The van der Waals surface area contributed by atoms with Gasteiger partial charge in [-0.05, 0) is 49.2 Å². The third-order valence-electron chi connectivity index (χ3n) is 5.39. The van der Waals surface area contributed by atoms with E-state index in [0.29, 0.717) is 32.4 Å². The molecule has 0 atom stereocenters. The predicted octanol–water partition coefficient (Wildman–Crippen LogP) is 4.51. The molecule has 0 aliphatic rings. The lowest BCUT2D eigenvalue weighted by atomic mass is 10.1. The molecule has 0 saturated carbocycles. The van der Waals surface area contributed by atoms with Crippen molar-refractivity contribution in [3.63, 3.8) is 0 Å². The number of nitrogens with one attached hydrogen (secondary N) is 2. The van der Waals surface area contributed by atoms with E-state index >= 15 is 0 Å². The summed E-state index contributed by atoms with van der Waals surface area (Å²) >= 11 is 0. The summed E-state index contributed by atoms with van der Waals surface area (Å²) in [6.45, 7) is 1.19. The summed E-state index contributed by atoms with van der Waals surface area (Å²) in [7, 11) is 1.67. The van der Waals surface area contributed by atoms with Crippen molar-refractivity contribution in [3.8, 4) is 11.5 Å². The number of benzene rings is 2. The number of amides is 2. The second-order valence-corrected chi connectivity index (χ2v) is 7.78. The van der Waals surface area contributed by atoms with Crippen LogP contribution >= 0.6 is 0 Å². The Kier molecular flexibility index (Phi) is 9.14. The number of unbranched alkanes of at least 4 members (excludes halogenated alkanes) is 3. The summed E-state index contributed by atoms with van der Waals surface area (Å²) in [6, 6.07) is 15.4. The van der Waals surface area contributed by atoms with Crippen molar-refractivity contribution < 1.29 is 24.3 Å². The van der Waals surface area contributed by atoms with Crippen molar-refractivity contribution in [2.24, 2.45) is 0 Å². The van der Waals surface area contributed by atoms with Gasteiger partial charge in [-0.2, -0.15) is 0 Å². The molecule has 8 nitrogen and oxygen atoms in total. The zero-order valence-corrected chi connectivity index (χ0v) is 18.9. The number of ether oxygens (including phenoxy) is 2. The molecule has 3 aromatic rings. The maximum Gasteiger partial charge on any atom is 0.243 e. The molecule has 3 N–H and O–H groups in total. The molecule has 176 valence electrons.